The van der Waals surface area contributed by atoms with E-state index < -0.39 is 0 Å². The normalized spacial score (nSPS) is 11.7. The van der Waals surface area contributed by atoms with Gasteiger partial charge in [-0.05, 0) is 148 Å². The SMILES string of the molecule is [C-]#[N+]c1ccc2c(c1)sc1cc(-c3ccc4c(-c5ccc6ccccc6c5)c5cc(-c6ccc7c(c6)sc6cc(C#N)ccc67)ccc5c(-c5ccc6ccccc6c5)c4c3)ccc12. The molecular formula is C60H32N2S2. The molecule has 0 spiro atoms. The van der Waals surface area contributed by atoms with E-state index >= 15 is 0 Å². The highest BCUT2D eigenvalue weighted by Gasteiger charge is 2.20. The smallest absolute Gasteiger partial charge is 0.188 e. The summed E-state index contributed by atoms with van der Waals surface area (Å²) in [6.07, 6.45) is 0. The van der Waals surface area contributed by atoms with Gasteiger partial charge in [0, 0.05) is 35.0 Å². The minimum absolute atomic E-state index is 0.671. The van der Waals surface area contributed by atoms with E-state index in [0.29, 0.717) is 11.3 Å². The van der Waals surface area contributed by atoms with Crippen molar-refractivity contribution < 1.29 is 0 Å². The summed E-state index contributed by atoms with van der Waals surface area (Å²) in [5, 5.41) is 24.1. The lowest BCUT2D eigenvalue weighted by Crippen LogP contribution is -1.93. The van der Waals surface area contributed by atoms with Gasteiger partial charge in [-0.2, -0.15) is 5.26 Å². The van der Waals surface area contributed by atoms with Gasteiger partial charge in [-0.1, -0.05) is 140 Å². The number of hydrogen-bond donors (Lipinski definition) is 0. The van der Waals surface area contributed by atoms with Crippen LogP contribution in [0.3, 0.4) is 0 Å². The van der Waals surface area contributed by atoms with E-state index in [2.05, 4.69) is 181 Å². The molecule has 13 aromatic rings. The number of nitrogens with zero attached hydrogens (tertiary/aromatic N) is 2. The van der Waals surface area contributed by atoms with Gasteiger partial charge in [0.25, 0.3) is 0 Å². The van der Waals surface area contributed by atoms with Crippen LogP contribution in [0.2, 0.25) is 0 Å². The van der Waals surface area contributed by atoms with Gasteiger partial charge < -0.3 is 0 Å². The molecule has 13 rings (SSSR count). The van der Waals surface area contributed by atoms with Crippen molar-refractivity contribution in [3.05, 3.63) is 211 Å². The average Bonchev–Trinajstić information content (AvgIpc) is 3.91. The summed E-state index contributed by atoms with van der Waals surface area (Å²) in [7, 11) is 0. The fourth-order valence-corrected chi connectivity index (χ4v) is 12.3. The van der Waals surface area contributed by atoms with Crippen molar-refractivity contribution in [2.24, 2.45) is 0 Å². The Bertz CT molecular complexity index is 3960. The molecule has 0 aliphatic heterocycles. The lowest BCUT2D eigenvalue weighted by atomic mass is 9.83. The molecule has 2 aromatic heterocycles. The lowest BCUT2D eigenvalue weighted by molar-refractivity contribution is 1.50. The second kappa shape index (κ2) is 14.2. The maximum atomic E-state index is 9.60. The number of rotatable bonds is 4. The Morgan fingerprint density at radius 3 is 1.25 bits per heavy atom. The van der Waals surface area contributed by atoms with Gasteiger partial charge in [-0.3, -0.25) is 0 Å². The van der Waals surface area contributed by atoms with Crippen molar-refractivity contribution in [2.45, 2.75) is 0 Å². The van der Waals surface area contributed by atoms with Crippen LogP contribution in [0.4, 0.5) is 5.69 Å². The van der Waals surface area contributed by atoms with Crippen LogP contribution in [-0.2, 0) is 0 Å². The van der Waals surface area contributed by atoms with E-state index in [1.807, 2.05) is 24.3 Å². The summed E-state index contributed by atoms with van der Waals surface area (Å²) < 4.78 is 4.70. The van der Waals surface area contributed by atoms with Gasteiger partial charge in [-0.25, -0.2) is 4.85 Å². The third-order valence-corrected chi connectivity index (χ3v) is 15.3. The predicted octanol–water partition coefficient (Wildman–Crippen LogP) is 18.1. The predicted molar refractivity (Wildman–Crippen MR) is 275 cm³/mol. The molecule has 0 unspecified atom stereocenters. The number of nitriles is 1. The zero-order valence-corrected chi connectivity index (χ0v) is 35.8. The second-order valence-corrected chi connectivity index (χ2v) is 18.8. The van der Waals surface area contributed by atoms with Gasteiger partial charge >= 0.3 is 0 Å². The molecule has 11 aromatic carbocycles. The summed E-state index contributed by atoms with van der Waals surface area (Å²) in [5.74, 6) is 0. The van der Waals surface area contributed by atoms with Crippen LogP contribution in [0.15, 0.2) is 194 Å². The van der Waals surface area contributed by atoms with Crippen molar-refractivity contribution in [1.82, 2.24) is 0 Å². The lowest BCUT2D eigenvalue weighted by Gasteiger charge is -2.20. The van der Waals surface area contributed by atoms with E-state index in [9.17, 15) is 5.26 Å². The van der Waals surface area contributed by atoms with E-state index in [1.54, 1.807) is 22.7 Å². The Hall–Kier alpha value is -8.12. The quantitative estimate of drug-likeness (QED) is 0.128. The third kappa shape index (κ3) is 5.75. The van der Waals surface area contributed by atoms with Gasteiger partial charge in [0.1, 0.15) is 0 Å². The van der Waals surface area contributed by atoms with Crippen LogP contribution < -0.4 is 0 Å². The molecule has 64 heavy (non-hydrogen) atoms. The summed E-state index contributed by atoms with van der Waals surface area (Å²) in [6.45, 7) is 7.57. The zero-order valence-electron chi connectivity index (χ0n) is 34.2. The number of benzene rings is 11. The van der Waals surface area contributed by atoms with Crippen molar-refractivity contribution in [1.29, 1.82) is 5.26 Å². The molecule has 294 valence electrons. The van der Waals surface area contributed by atoms with Crippen LogP contribution in [0.5, 0.6) is 0 Å². The van der Waals surface area contributed by atoms with E-state index in [0.717, 1.165) is 26.1 Å². The molecular weight excluding hydrogens is 813 g/mol. The fraction of sp³-hybridized carbons (Fsp3) is 0. The van der Waals surface area contributed by atoms with Crippen LogP contribution in [-0.4, -0.2) is 0 Å². The zero-order chi connectivity index (χ0) is 42.5. The molecule has 2 nitrogen and oxygen atoms in total. The Morgan fingerprint density at radius 1 is 0.344 bits per heavy atom. The van der Waals surface area contributed by atoms with E-state index in [4.69, 9.17) is 6.57 Å². The highest BCUT2D eigenvalue weighted by Crippen LogP contribution is 2.48. The molecule has 0 aliphatic carbocycles. The maximum Gasteiger partial charge on any atom is 0.188 e. The largest absolute Gasteiger partial charge is 0.238 e. The first-order valence-corrected chi connectivity index (χ1v) is 22.9. The Balaban J connectivity index is 1.09. The van der Waals surface area contributed by atoms with Crippen molar-refractivity contribution in [3.8, 4) is 50.6 Å². The van der Waals surface area contributed by atoms with Crippen molar-refractivity contribution in [3.63, 3.8) is 0 Å². The summed E-state index contributed by atoms with van der Waals surface area (Å²) in [6, 6.07) is 73.1. The van der Waals surface area contributed by atoms with Gasteiger partial charge in [0.15, 0.2) is 5.69 Å². The highest BCUT2D eigenvalue weighted by atomic mass is 32.1. The minimum atomic E-state index is 0.671. The van der Waals surface area contributed by atoms with Crippen LogP contribution in [0.25, 0.3) is 133 Å². The molecule has 0 atom stereocenters. The maximum absolute atomic E-state index is 9.60. The van der Waals surface area contributed by atoms with E-state index in [-0.39, 0.29) is 0 Å². The molecule has 4 heteroatoms. The summed E-state index contributed by atoms with van der Waals surface area (Å²) in [5.41, 5.74) is 10.8. The third-order valence-electron chi connectivity index (χ3n) is 13.0. The van der Waals surface area contributed by atoms with E-state index in [1.165, 1.54) is 102 Å². The number of fused-ring (bicyclic) bond motifs is 10. The second-order valence-electron chi connectivity index (χ2n) is 16.6. The van der Waals surface area contributed by atoms with Crippen molar-refractivity contribution in [2.75, 3.05) is 0 Å². The summed E-state index contributed by atoms with van der Waals surface area (Å²) in [4.78, 5) is 3.69. The molecule has 0 radical (unpaired) electrons. The van der Waals surface area contributed by atoms with Gasteiger partial charge in [0.05, 0.1) is 18.2 Å². The molecule has 0 N–H and O–H groups in total. The topological polar surface area (TPSA) is 28.1 Å². The molecule has 0 amide bonds. The first-order valence-electron chi connectivity index (χ1n) is 21.3. The standard InChI is InChI=1S/C60H32N2S2/c1-62-46-19-25-50-49-22-16-43(32-57(49)64-58(50)33-46)41-18-24-52-54(30-41)60(45-14-12-37-7-3-5-9-39(37)28-45)51-23-17-40(29-53(51)59(52)44-13-11-36-6-2-4-8-38(36)27-44)42-15-21-48-47-20-10-35(34-61)26-55(47)63-56(48)31-42/h2-33H. The molecule has 0 saturated carbocycles. The highest BCUT2D eigenvalue weighted by molar-refractivity contribution is 7.26. The average molecular weight is 845 g/mol. The van der Waals surface area contributed by atoms with Crippen molar-refractivity contribution >= 4 is 112 Å². The van der Waals surface area contributed by atoms with Gasteiger partial charge in [-0.15, -0.1) is 22.7 Å². The number of hydrogen-bond acceptors (Lipinski definition) is 3. The molecule has 0 aliphatic rings. The van der Waals surface area contributed by atoms with Crippen LogP contribution >= 0.6 is 22.7 Å². The first kappa shape index (κ1) is 36.5. The first-order chi connectivity index (χ1) is 31.6. The van der Waals surface area contributed by atoms with Crippen LogP contribution in [0, 0.1) is 17.9 Å². The minimum Gasteiger partial charge on any atom is -0.238 e. The monoisotopic (exact) mass is 844 g/mol. The Morgan fingerprint density at radius 2 is 0.750 bits per heavy atom. The Labute approximate surface area is 376 Å². The fourth-order valence-electron chi connectivity index (χ4n) is 9.94. The Kier molecular flexibility index (Phi) is 8.11. The summed E-state index contributed by atoms with van der Waals surface area (Å²) >= 11 is 3.50. The molecule has 2 heterocycles. The van der Waals surface area contributed by atoms with Crippen LogP contribution in [0.1, 0.15) is 5.56 Å². The molecule has 0 bridgehead atoms. The van der Waals surface area contributed by atoms with Gasteiger partial charge in [0.2, 0.25) is 0 Å². The molecule has 0 fully saturated rings. The number of thiophene rings is 2. The molecule has 0 saturated heterocycles.